The molecular weight excluding hydrogens is 278 g/mol. The summed E-state index contributed by atoms with van der Waals surface area (Å²) in [6.07, 6.45) is 3.87. The molecule has 2 unspecified atom stereocenters. The molecule has 1 saturated heterocycles. The minimum Gasteiger partial charge on any atom is -0.357 e. The summed E-state index contributed by atoms with van der Waals surface area (Å²) in [5.74, 6) is 2.93. The fourth-order valence-corrected chi connectivity index (χ4v) is 4.27. The lowest BCUT2D eigenvalue weighted by Gasteiger charge is -2.30. The van der Waals surface area contributed by atoms with Crippen molar-refractivity contribution in [3.63, 3.8) is 0 Å². The van der Waals surface area contributed by atoms with E-state index in [1.165, 1.54) is 36.1 Å². The van der Waals surface area contributed by atoms with Gasteiger partial charge in [-0.3, -0.25) is 4.99 Å². The van der Waals surface area contributed by atoms with Gasteiger partial charge in [0.15, 0.2) is 5.96 Å². The Morgan fingerprint density at radius 1 is 1.33 bits per heavy atom. The summed E-state index contributed by atoms with van der Waals surface area (Å²) in [5, 5.41) is 7.61. The highest BCUT2D eigenvalue weighted by Crippen LogP contribution is 2.33. The van der Waals surface area contributed by atoms with Gasteiger partial charge in [-0.2, -0.15) is 11.8 Å². The topological polar surface area (TPSA) is 36.4 Å². The smallest absolute Gasteiger partial charge is 0.191 e. The zero-order chi connectivity index (χ0) is 14.5. The van der Waals surface area contributed by atoms with E-state index in [9.17, 15) is 0 Å². The molecule has 1 fully saturated rings. The van der Waals surface area contributed by atoms with Gasteiger partial charge in [0.1, 0.15) is 0 Å². The normalized spacial score (nSPS) is 24.3. The third-order valence-electron chi connectivity index (χ3n) is 4.30. The van der Waals surface area contributed by atoms with Gasteiger partial charge >= 0.3 is 0 Å². The Hall–Kier alpha value is -1.16. The molecule has 1 heterocycles. The first kappa shape index (κ1) is 14.8. The second-order valence-electron chi connectivity index (χ2n) is 5.84. The molecule has 0 aromatic heterocycles. The molecule has 2 aliphatic rings. The van der Waals surface area contributed by atoms with Crippen LogP contribution in [0.15, 0.2) is 29.3 Å². The monoisotopic (exact) mass is 303 g/mol. The van der Waals surface area contributed by atoms with Crippen molar-refractivity contribution in [2.75, 3.05) is 25.4 Å². The van der Waals surface area contributed by atoms with Crippen LogP contribution in [0.2, 0.25) is 0 Å². The van der Waals surface area contributed by atoms with E-state index >= 15 is 0 Å². The van der Waals surface area contributed by atoms with Crippen LogP contribution >= 0.6 is 11.8 Å². The van der Waals surface area contributed by atoms with E-state index in [2.05, 4.69) is 53.6 Å². The highest BCUT2D eigenvalue weighted by molar-refractivity contribution is 8.00. The quantitative estimate of drug-likeness (QED) is 0.649. The number of hydrogen-bond acceptors (Lipinski definition) is 2. The van der Waals surface area contributed by atoms with E-state index < -0.39 is 0 Å². The minimum atomic E-state index is 0.644. The summed E-state index contributed by atoms with van der Waals surface area (Å²) < 4.78 is 0. The molecule has 2 N–H and O–H groups in total. The van der Waals surface area contributed by atoms with Gasteiger partial charge in [0.2, 0.25) is 0 Å². The fourth-order valence-electron chi connectivity index (χ4n) is 3.09. The Morgan fingerprint density at radius 2 is 2.24 bits per heavy atom. The highest BCUT2D eigenvalue weighted by Gasteiger charge is 2.25. The summed E-state index contributed by atoms with van der Waals surface area (Å²) in [7, 11) is 0. The standard InChI is InChI=1S/C17H25N3S/c1-2-18-17(20-12-15-7-5-9-21-15)19-11-14-10-13-6-3-4-8-16(13)14/h3-4,6,8,14-15H,2,5,7,9-12H2,1H3,(H2,18,19,20). The molecule has 0 amide bonds. The first-order valence-electron chi connectivity index (χ1n) is 8.08. The van der Waals surface area contributed by atoms with Gasteiger partial charge in [-0.1, -0.05) is 24.3 Å². The van der Waals surface area contributed by atoms with Crippen LogP contribution in [0.5, 0.6) is 0 Å². The summed E-state index contributed by atoms with van der Waals surface area (Å²) in [4.78, 5) is 4.76. The number of rotatable bonds is 5. The second kappa shape index (κ2) is 7.21. The number of benzene rings is 1. The van der Waals surface area contributed by atoms with Crippen molar-refractivity contribution in [2.24, 2.45) is 4.99 Å². The molecule has 0 spiro atoms. The largest absolute Gasteiger partial charge is 0.357 e. The summed E-state index contributed by atoms with van der Waals surface area (Å²) in [5.41, 5.74) is 3.01. The van der Waals surface area contributed by atoms with E-state index in [1.54, 1.807) is 0 Å². The van der Waals surface area contributed by atoms with E-state index in [4.69, 9.17) is 4.99 Å². The van der Waals surface area contributed by atoms with Gasteiger partial charge in [-0.15, -0.1) is 0 Å². The van der Waals surface area contributed by atoms with Crippen LogP contribution in [0.4, 0.5) is 0 Å². The van der Waals surface area contributed by atoms with Crippen LogP contribution in [-0.4, -0.2) is 36.6 Å². The average molecular weight is 303 g/mol. The zero-order valence-corrected chi connectivity index (χ0v) is 13.6. The van der Waals surface area contributed by atoms with Crippen LogP contribution < -0.4 is 10.6 Å². The van der Waals surface area contributed by atoms with Crippen LogP contribution in [0.3, 0.4) is 0 Å². The molecule has 114 valence electrons. The molecule has 1 aromatic carbocycles. The molecule has 21 heavy (non-hydrogen) atoms. The molecule has 1 aliphatic carbocycles. The summed E-state index contributed by atoms with van der Waals surface area (Å²) in [6.45, 7) is 4.98. The highest BCUT2D eigenvalue weighted by atomic mass is 32.2. The third kappa shape index (κ3) is 3.73. The van der Waals surface area contributed by atoms with Gasteiger partial charge in [0.05, 0.1) is 6.54 Å². The summed E-state index contributed by atoms with van der Waals surface area (Å²) in [6, 6.07) is 8.77. The molecule has 0 bridgehead atoms. The number of fused-ring (bicyclic) bond motifs is 1. The molecule has 1 aliphatic heterocycles. The van der Waals surface area contributed by atoms with Crippen molar-refractivity contribution in [1.82, 2.24) is 10.6 Å². The number of thioether (sulfide) groups is 1. The lowest BCUT2D eigenvalue weighted by molar-refractivity contribution is 0.583. The maximum atomic E-state index is 4.76. The van der Waals surface area contributed by atoms with Crippen LogP contribution in [-0.2, 0) is 6.42 Å². The Labute approximate surface area is 132 Å². The van der Waals surface area contributed by atoms with Gasteiger partial charge in [0.25, 0.3) is 0 Å². The minimum absolute atomic E-state index is 0.644. The molecule has 4 heteroatoms. The van der Waals surface area contributed by atoms with Gasteiger partial charge in [-0.05, 0) is 43.1 Å². The van der Waals surface area contributed by atoms with E-state index in [0.29, 0.717) is 5.92 Å². The molecule has 1 aromatic rings. The first-order chi connectivity index (χ1) is 10.4. The van der Waals surface area contributed by atoms with Crippen molar-refractivity contribution in [3.05, 3.63) is 35.4 Å². The number of nitrogens with zero attached hydrogens (tertiary/aromatic N) is 1. The van der Waals surface area contributed by atoms with Gasteiger partial charge in [0, 0.05) is 24.3 Å². The number of nitrogens with one attached hydrogen (secondary N) is 2. The SMILES string of the molecule is CCNC(=NCC1CCCS1)NCC1Cc2ccccc21. The molecule has 0 radical (unpaired) electrons. The predicted molar refractivity (Wildman–Crippen MR) is 92.3 cm³/mol. The molecule has 2 atom stereocenters. The van der Waals surface area contributed by atoms with Gasteiger partial charge in [-0.25, -0.2) is 0 Å². The molecular formula is C17H25N3S. The van der Waals surface area contributed by atoms with Crippen molar-refractivity contribution >= 4 is 17.7 Å². The van der Waals surface area contributed by atoms with Crippen molar-refractivity contribution in [1.29, 1.82) is 0 Å². The number of hydrogen-bond donors (Lipinski definition) is 2. The lowest BCUT2D eigenvalue weighted by atomic mass is 9.78. The average Bonchev–Trinajstić information content (AvgIpc) is 2.99. The molecule has 3 nitrogen and oxygen atoms in total. The van der Waals surface area contributed by atoms with Crippen molar-refractivity contribution in [3.8, 4) is 0 Å². The second-order valence-corrected chi connectivity index (χ2v) is 7.24. The fraction of sp³-hybridized carbons (Fsp3) is 0.588. The van der Waals surface area contributed by atoms with Crippen LogP contribution in [0.25, 0.3) is 0 Å². The Balaban J connectivity index is 1.50. The first-order valence-corrected chi connectivity index (χ1v) is 9.13. The van der Waals surface area contributed by atoms with Crippen LogP contribution in [0, 0.1) is 0 Å². The van der Waals surface area contributed by atoms with E-state index in [-0.39, 0.29) is 0 Å². The zero-order valence-electron chi connectivity index (χ0n) is 12.8. The Bertz CT molecular complexity index is 495. The lowest BCUT2D eigenvalue weighted by Crippen LogP contribution is -2.41. The summed E-state index contributed by atoms with van der Waals surface area (Å²) >= 11 is 2.07. The van der Waals surface area contributed by atoms with E-state index in [1.807, 2.05) is 0 Å². The molecule has 0 saturated carbocycles. The number of guanidine groups is 1. The van der Waals surface area contributed by atoms with E-state index in [0.717, 1.165) is 30.8 Å². The maximum Gasteiger partial charge on any atom is 0.191 e. The van der Waals surface area contributed by atoms with Crippen molar-refractivity contribution < 1.29 is 0 Å². The molecule has 3 rings (SSSR count). The van der Waals surface area contributed by atoms with Crippen molar-refractivity contribution in [2.45, 2.75) is 37.4 Å². The predicted octanol–water partition coefficient (Wildman–Crippen LogP) is 2.78. The Morgan fingerprint density at radius 3 is 3.00 bits per heavy atom. The van der Waals surface area contributed by atoms with Gasteiger partial charge < -0.3 is 10.6 Å². The van der Waals surface area contributed by atoms with Crippen LogP contribution in [0.1, 0.15) is 36.8 Å². The number of aliphatic imine (C=N–C) groups is 1. The Kier molecular flexibility index (Phi) is 5.07. The maximum absolute atomic E-state index is 4.76. The third-order valence-corrected chi connectivity index (χ3v) is 5.68.